The van der Waals surface area contributed by atoms with Crippen LogP contribution in [0.3, 0.4) is 0 Å². The summed E-state index contributed by atoms with van der Waals surface area (Å²) in [5.74, 6) is -8.42. The van der Waals surface area contributed by atoms with Gasteiger partial charge in [-0.3, -0.25) is 36.4 Å². The number of aliphatic hydroxyl groups excluding tert-OH is 8. The number of aliphatic carboxylic acids is 3. The summed E-state index contributed by atoms with van der Waals surface area (Å²) in [6, 6.07) is -8.46. The van der Waals surface area contributed by atoms with E-state index in [0.717, 1.165) is 0 Å². The van der Waals surface area contributed by atoms with Crippen LogP contribution in [0.5, 0.6) is 0 Å². The second kappa shape index (κ2) is 32.7. The van der Waals surface area contributed by atoms with Crippen molar-refractivity contribution in [3.63, 3.8) is 0 Å². The highest BCUT2D eigenvalue weighted by Gasteiger charge is 2.61. The minimum absolute atomic E-state index is 0.213. The summed E-state index contributed by atoms with van der Waals surface area (Å²) in [5.41, 5.74) is 0. The van der Waals surface area contributed by atoms with Gasteiger partial charge < -0.3 is 108 Å². The molecule has 0 bridgehead atoms. The molecule has 0 aliphatic carbocycles. The molecule has 22 N–H and O–H groups in total. The van der Waals surface area contributed by atoms with Gasteiger partial charge in [0.2, 0.25) is 12.0 Å². The third-order valence-electron chi connectivity index (χ3n) is 13.9. The van der Waals surface area contributed by atoms with E-state index in [1.807, 2.05) is 0 Å². The second-order valence-corrected chi connectivity index (χ2v) is 29.8. The van der Waals surface area contributed by atoms with Gasteiger partial charge in [-0.05, 0) is 6.08 Å². The summed E-state index contributed by atoms with van der Waals surface area (Å²) in [6.45, 7) is -5.30. The molecule has 0 radical (unpaired) electrons. The van der Waals surface area contributed by atoms with Gasteiger partial charge in [-0.25, -0.2) is 35.3 Å². The Hall–Kier alpha value is -3.81. The van der Waals surface area contributed by atoms with Crippen LogP contribution in [0.4, 0.5) is 0 Å². The third kappa shape index (κ3) is 24.4. The number of hydrogen-bond acceptors (Lipinski definition) is 43. The summed E-state index contributed by atoms with van der Waals surface area (Å²) in [5, 5.41) is 120. The van der Waals surface area contributed by atoms with E-state index >= 15 is 0 Å². The summed E-state index contributed by atoms with van der Waals surface area (Å²) in [4.78, 5) is 37.8. The molecule has 101 heavy (non-hydrogen) atoms. The Morgan fingerprint density at radius 2 is 0.703 bits per heavy atom. The first-order valence-electron chi connectivity index (χ1n) is 26.3. The van der Waals surface area contributed by atoms with Crippen LogP contribution >= 0.6 is 0 Å². The Bertz CT molecular complexity index is 3940. The molecule has 6 aliphatic heterocycles. The van der Waals surface area contributed by atoms with Gasteiger partial charge in [-0.15, -0.1) is 0 Å². The Kier molecular flexibility index (Phi) is 27.9. The quantitative estimate of drug-likeness (QED) is 0.0278. The average Bonchev–Trinajstić information content (AvgIpc) is 0.761. The number of carboxylic acid groups (broad SMARTS) is 3. The second-order valence-electron chi connectivity index (χ2n) is 20.9. The van der Waals surface area contributed by atoms with Crippen molar-refractivity contribution in [2.75, 3.05) is 19.8 Å². The number of carbonyl (C=O) groups is 3. The van der Waals surface area contributed by atoms with Gasteiger partial charge in [0, 0.05) is 0 Å². The predicted octanol–water partition coefficient (Wildman–Crippen LogP) is -15.3. The number of hydrogen-bond donors (Lipinski definition) is 22. The minimum atomic E-state index is -6.28. The van der Waals surface area contributed by atoms with E-state index in [1.165, 1.54) is 14.2 Å². The molecule has 65 heteroatoms. The van der Waals surface area contributed by atoms with Gasteiger partial charge in [0.15, 0.2) is 55.9 Å². The van der Waals surface area contributed by atoms with Crippen molar-refractivity contribution in [2.45, 2.75) is 172 Å². The molecule has 0 aromatic carbocycles. The molecule has 6 aliphatic rings. The van der Waals surface area contributed by atoms with E-state index < -0.39 is 298 Å². The monoisotopic (exact) mass is 1650 g/mol. The maximum absolute atomic E-state index is 13.1. The number of aliphatic hydroxyl groups is 8. The summed E-state index contributed by atoms with van der Waals surface area (Å²) < 4.78 is 352. The van der Waals surface area contributed by atoms with Crippen LogP contribution in [0.2, 0.25) is 0 Å². The minimum Gasteiger partial charge on any atom is -0.479 e. The molecule has 6 rings (SSSR count). The van der Waals surface area contributed by atoms with Gasteiger partial charge in [-0.2, -0.15) is 81.5 Å². The van der Waals surface area contributed by atoms with Crippen molar-refractivity contribution in [2.24, 2.45) is 0 Å². The van der Waals surface area contributed by atoms with Gasteiger partial charge in [-0.1, -0.05) is 0 Å². The molecule has 5 saturated heterocycles. The third-order valence-corrected chi connectivity index (χ3v) is 17.8. The lowest BCUT2D eigenvalue weighted by Gasteiger charge is -2.50. The Balaban J connectivity index is 1.37. The van der Waals surface area contributed by atoms with Crippen LogP contribution in [0, 0.1) is 0 Å². The standard InChI is InChI=1S/C36H57N3O54S8/c40-5-1-6(28(47)48)82-35(19(5)92-100(72,73)74)86-21-8(3-79-98(66,67)68)84-33(12(14(21)42)39-96(60,61)62)89-24-18(46)25(93-101(75,76)77)36(91-27(24)30(51)52)87-22-9(4-80-99(69,70)71)83-32(11(15(22)43)38-95(57,58)59)88-23-16(44)17(45)34(90-26(23)29(49)50)85-20-7(2-78-97(63,64)65)81-31(53)10(13(20)41)37-94(54,55)56/h1,5,7-27,31-46,53H,2-4H2,(H,47,48)(H,49,50)(H,51,52)(H,54,55,56)(H,57,58,59)(H,60,61,62)(H,63,64,65)(H,66,67,68)(H,69,70,71)(H,72,73,74)(H,75,76,77)/t5-,7+,8+,9+,10+,11+,12+,13+,14+,15+,16+,17+,18-,19+,20+,21+,22+,23-,24-,25+,26-,27+,31-,32+,33+,34+,35-,36+/m0/s1. The smallest absolute Gasteiger partial charge is 0.397 e. The molecule has 0 aromatic heterocycles. The van der Waals surface area contributed by atoms with Crippen molar-refractivity contribution in [1.82, 2.24) is 14.2 Å². The van der Waals surface area contributed by atoms with Crippen LogP contribution in [-0.2, 0) is 170 Å². The number of nitrogens with one attached hydrogen (secondary N) is 3. The average molecular weight is 1650 g/mol. The van der Waals surface area contributed by atoms with Crippen molar-refractivity contribution >= 4 is 101 Å². The van der Waals surface area contributed by atoms with Crippen LogP contribution in [0.25, 0.3) is 0 Å². The molecule has 0 spiro atoms. The van der Waals surface area contributed by atoms with Crippen LogP contribution in [-0.4, -0.2) is 370 Å². The maximum atomic E-state index is 13.1. The van der Waals surface area contributed by atoms with Gasteiger partial charge in [0.1, 0.15) is 110 Å². The largest absolute Gasteiger partial charge is 0.479 e. The van der Waals surface area contributed by atoms with Crippen molar-refractivity contribution in [3.8, 4) is 0 Å². The first-order chi connectivity index (χ1) is 45.8. The van der Waals surface area contributed by atoms with Crippen LogP contribution < -0.4 is 14.2 Å². The molecule has 28 atom stereocenters. The highest BCUT2D eigenvalue weighted by Crippen LogP contribution is 2.39. The summed E-state index contributed by atoms with van der Waals surface area (Å²) >= 11 is 0. The molecule has 6 heterocycles. The number of carboxylic acids is 3. The van der Waals surface area contributed by atoms with Crippen molar-refractivity contribution in [1.29, 1.82) is 0 Å². The van der Waals surface area contributed by atoms with E-state index in [2.05, 4.69) is 20.9 Å². The molecule has 0 amide bonds. The first-order valence-corrected chi connectivity index (χ1v) is 37.4. The summed E-state index contributed by atoms with van der Waals surface area (Å²) in [6.07, 6.45) is -72.7. The van der Waals surface area contributed by atoms with Crippen molar-refractivity contribution in [3.05, 3.63) is 11.8 Å². The molecule has 5 fully saturated rings. The van der Waals surface area contributed by atoms with E-state index in [9.17, 15) is 170 Å². The summed E-state index contributed by atoms with van der Waals surface area (Å²) in [7, 11) is -46.6. The first kappa shape index (κ1) is 86.1. The topological polar surface area (TPSA) is 892 Å². The number of rotatable bonds is 32. The fourth-order valence-corrected chi connectivity index (χ4v) is 13.7. The Morgan fingerprint density at radius 3 is 1.08 bits per heavy atom. The van der Waals surface area contributed by atoms with E-state index in [0.29, 0.717) is 0 Å². The molecule has 0 saturated carbocycles. The lowest BCUT2D eigenvalue weighted by molar-refractivity contribution is -0.375. The zero-order chi connectivity index (χ0) is 76.7. The lowest BCUT2D eigenvalue weighted by Crippen LogP contribution is -2.71. The molecular weight excluding hydrogens is 1590 g/mol. The SMILES string of the molecule is O=C(O)C1=C[C@H](O)[C@@H](OS(=O)(=O)O)[C@H](O[C@H]2[C@H](O)[C@@H](NS(=O)(=O)O)[C@@H](O[C@H]3[C@H](O)[C@@H](OS(=O)(=O)O)[C@H](O[C@H]4[C@H](O)[C@@H](NS(=O)(=O)O)[C@@H](O[C@H]5[C@H](O)[C@@H](O)[C@H](O[C@H]6[C@H](O)[C@@H](NS(=O)(=O)O)[C@@H](O)O[C@@H]6COS(=O)(=O)O)O[C@@H]5C(=O)O)O[C@@H]4COS(=O)(=O)O)O[C@H]3C(=O)O)O[C@@H]2COS(=O)(=O)O)O1. The molecule has 588 valence electrons. The fraction of sp³-hybridized carbons (Fsp3) is 0.861. The molecule has 57 nitrogen and oxygen atoms in total. The maximum Gasteiger partial charge on any atom is 0.397 e. The predicted molar refractivity (Wildman–Crippen MR) is 289 cm³/mol. The van der Waals surface area contributed by atoms with Crippen molar-refractivity contribution < 1.29 is 247 Å². The van der Waals surface area contributed by atoms with E-state index in [4.69, 9.17) is 56.7 Å². The van der Waals surface area contributed by atoms with E-state index in [1.54, 1.807) is 0 Å². The van der Waals surface area contributed by atoms with Crippen LogP contribution in [0.15, 0.2) is 11.8 Å². The van der Waals surface area contributed by atoms with Gasteiger partial charge in [0.25, 0.3) is 0 Å². The lowest BCUT2D eigenvalue weighted by atomic mass is 9.94. The fourth-order valence-electron chi connectivity index (χ4n) is 9.98. The number of ether oxygens (including phenoxy) is 11. The molecule has 0 aromatic rings. The van der Waals surface area contributed by atoms with Crippen LogP contribution in [0.1, 0.15) is 0 Å². The normalized spacial score (nSPS) is 39.0. The zero-order valence-electron chi connectivity index (χ0n) is 48.4. The van der Waals surface area contributed by atoms with Gasteiger partial charge in [0.05, 0.1) is 19.8 Å². The molecule has 0 unspecified atom stereocenters. The Morgan fingerprint density at radius 1 is 0.366 bits per heavy atom. The molecular formula is C36H57N3O54S8. The highest BCUT2D eigenvalue weighted by atomic mass is 32.3. The Labute approximate surface area is 563 Å². The van der Waals surface area contributed by atoms with E-state index in [-0.39, 0.29) is 6.08 Å². The highest BCUT2D eigenvalue weighted by molar-refractivity contribution is 7.84. The van der Waals surface area contributed by atoms with Gasteiger partial charge >= 0.3 is 101 Å². The zero-order valence-corrected chi connectivity index (χ0v) is 54.9.